The summed E-state index contributed by atoms with van der Waals surface area (Å²) >= 11 is 3.49. The predicted octanol–water partition coefficient (Wildman–Crippen LogP) is 4.28. The summed E-state index contributed by atoms with van der Waals surface area (Å²) in [5, 5.41) is 8.22. The number of rotatable bonds is 4. The van der Waals surface area contributed by atoms with Gasteiger partial charge in [0, 0.05) is 10.9 Å². The molecule has 0 atom stereocenters. The zero-order chi connectivity index (χ0) is 13.8. The summed E-state index contributed by atoms with van der Waals surface area (Å²) in [5.41, 5.74) is 2.19. The van der Waals surface area contributed by atoms with Crippen LogP contribution < -0.4 is 0 Å². The van der Waals surface area contributed by atoms with Gasteiger partial charge in [-0.3, -0.25) is 0 Å². The van der Waals surface area contributed by atoms with Crippen molar-refractivity contribution < 1.29 is 4.42 Å². The number of benzene rings is 2. The molecule has 0 radical (unpaired) electrons. The maximum Gasteiger partial charge on any atom is 0.248 e. The van der Waals surface area contributed by atoms with E-state index >= 15 is 0 Å². The van der Waals surface area contributed by atoms with Crippen LogP contribution in [0.3, 0.4) is 0 Å². The second-order valence-electron chi connectivity index (χ2n) is 4.47. The molecule has 0 N–H and O–H groups in total. The Morgan fingerprint density at radius 3 is 2.40 bits per heavy atom. The minimum absolute atomic E-state index is 0.556. The van der Waals surface area contributed by atoms with E-state index in [1.165, 1.54) is 5.56 Å². The second kappa shape index (κ2) is 6.01. The third-order valence-corrected chi connectivity index (χ3v) is 3.73. The van der Waals surface area contributed by atoms with Crippen molar-refractivity contribution in [2.24, 2.45) is 0 Å². The lowest BCUT2D eigenvalue weighted by Gasteiger charge is -1.98. The number of hydrogen-bond acceptors (Lipinski definition) is 3. The van der Waals surface area contributed by atoms with Crippen LogP contribution in [0.5, 0.6) is 0 Å². The maximum absolute atomic E-state index is 5.72. The molecule has 4 heteroatoms. The normalized spacial score (nSPS) is 10.7. The summed E-state index contributed by atoms with van der Waals surface area (Å²) in [6.07, 6.45) is 1.65. The molecule has 100 valence electrons. The van der Waals surface area contributed by atoms with Gasteiger partial charge in [0.1, 0.15) is 0 Å². The van der Waals surface area contributed by atoms with Crippen molar-refractivity contribution in [2.45, 2.75) is 12.8 Å². The van der Waals surface area contributed by atoms with Crippen molar-refractivity contribution in [1.29, 1.82) is 0 Å². The Balaban J connectivity index is 1.73. The van der Waals surface area contributed by atoms with E-state index in [4.69, 9.17) is 4.42 Å². The molecule has 0 amide bonds. The quantitative estimate of drug-likeness (QED) is 0.717. The molecule has 1 heterocycles. The highest BCUT2D eigenvalue weighted by molar-refractivity contribution is 9.10. The van der Waals surface area contributed by atoms with Crippen LogP contribution in [0.15, 0.2) is 63.5 Å². The molecule has 0 aliphatic rings. The minimum atomic E-state index is 0.556. The van der Waals surface area contributed by atoms with Crippen LogP contribution in [0.2, 0.25) is 0 Å². The lowest BCUT2D eigenvalue weighted by Crippen LogP contribution is -1.90. The maximum atomic E-state index is 5.72. The van der Waals surface area contributed by atoms with Crippen LogP contribution in [0, 0.1) is 0 Å². The zero-order valence-corrected chi connectivity index (χ0v) is 12.4. The molecule has 2 aromatic carbocycles. The van der Waals surface area contributed by atoms with Gasteiger partial charge < -0.3 is 4.42 Å². The van der Waals surface area contributed by atoms with Gasteiger partial charge in [-0.25, -0.2) is 0 Å². The van der Waals surface area contributed by atoms with Crippen LogP contribution >= 0.6 is 15.9 Å². The fourth-order valence-electron chi connectivity index (χ4n) is 1.99. The van der Waals surface area contributed by atoms with Gasteiger partial charge in [-0.15, -0.1) is 10.2 Å². The second-order valence-corrected chi connectivity index (χ2v) is 5.32. The Morgan fingerprint density at radius 1 is 0.850 bits per heavy atom. The number of halogens is 1. The SMILES string of the molecule is Brc1ccccc1-c1nnc(CCc2ccccc2)o1. The smallest absolute Gasteiger partial charge is 0.248 e. The summed E-state index contributed by atoms with van der Waals surface area (Å²) in [5.74, 6) is 1.22. The summed E-state index contributed by atoms with van der Waals surface area (Å²) < 4.78 is 6.68. The molecule has 3 nitrogen and oxygen atoms in total. The Morgan fingerprint density at radius 2 is 1.60 bits per heavy atom. The van der Waals surface area contributed by atoms with E-state index in [-0.39, 0.29) is 0 Å². The van der Waals surface area contributed by atoms with Gasteiger partial charge in [0.05, 0.1) is 5.56 Å². The van der Waals surface area contributed by atoms with Crippen LogP contribution in [0.25, 0.3) is 11.5 Å². The topological polar surface area (TPSA) is 38.9 Å². The summed E-state index contributed by atoms with van der Waals surface area (Å²) in [6.45, 7) is 0. The molecular weight excluding hydrogens is 316 g/mol. The first-order valence-corrected chi connectivity index (χ1v) is 7.23. The molecular formula is C16H13BrN2O. The summed E-state index contributed by atoms with van der Waals surface area (Å²) in [4.78, 5) is 0. The minimum Gasteiger partial charge on any atom is -0.421 e. The van der Waals surface area contributed by atoms with Crippen molar-refractivity contribution in [3.63, 3.8) is 0 Å². The first-order valence-electron chi connectivity index (χ1n) is 6.44. The van der Waals surface area contributed by atoms with E-state index in [0.29, 0.717) is 11.8 Å². The highest BCUT2D eigenvalue weighted by atomic mass is 79.9. The van der Waals surface area contributed by atoms with Gasteiger partial charge in [-0.05, 0) is 40.0 Å². The van der Waals surface area contributed by atoms with Crippen molar-refractivity contribution in [3.8, 4) is 11.5 Å². The Kier molecular flexibility index (Phi) is 3.92. The van der Waals surface area contributed by atoms with Crippen LogP contribution in [-0.4, -0.2) is 10.2 Å². The Bertz CT molecular complexity index is 694. The standard InChI is InChI=1S/C16H13BrN2O/c17-14-9-5-4-8-13(14)16-19-18-15(20-16)11-10-12-6-2-1-3-7-12/h1-9H,10-11H2. The molecule has 20 heavy (non-hydrogen) atoms. The van der Waals surface area contributed by atoms with E-state index in [9.17, 15) is 0 Å². The summed E-state index contributed by atoms with van der Waals surface area (Å²) in [6, 6.07) is 18.1. The molecule has 0 bridgehead atoms. The third kappa shape index (κ3) is 2.96. The number of aromatic nitrogens is 2. The van der Waals surface area contributed by atoms with Crippen LogP contribution in [-0.2, 0) is 12.8 Å². The van der Waals surface area contributed by atoms with Crippen molar-refractivity contribution >= 4 is 15.9 Å². The first-order chi connectivity index (χ1) is 9.83. The molecule has 3 aromatic rings. The summed E-state index contributed by atoms with van der Waals surface area (Å²) in [7, 11) is 0. The van der Waals surface area contributed by atoms with Crippen LogP contribution in [0.1, 0.15) is 11.5 Å². The lowest BCUT2D eigenvalue weighted by molar-refractivity contribution is 0.504. The number of aryl methyl sites for hydroxylation is 2. The lowest BCUT2D eigenvalue weighted by atomic mass is 10.1. The van der Waals surface area contributed by atoms with Crippen molar-refractivity contribution in [2.75, 3.05) is 0 Å². The van der Waals surface area contributed by atoms with Gasteiger partial charge in [0.2, 0.25) is 11.8 Å². The van der Waals surface area contributed by atoms with E-state index in [2.05, 4.69) is 38.3 Å². The Labute approximate surface area is 125 Å². The molecule has 0 fully saturated rings. The van der Waals surface area contributed by atoms with E-state index < -0.39 is 0 Å². The van der Waals surface area contributed by atoms with Gasteiger partial charge in [0.15, 0.2) is 0 Å². The predicted molar refractivity (Wildman–Crippen MR) is 81.3 cm³/mol. The number of hydrogen-bond donors (Lipinski definition) is 0. The zero-order valence-electron chi connectivity index (χ0n) is 10.8. The Hall–Kier alpha value is -1.94. The van der Waals surface area contributed by atoms with Crippen molar-refractivity contribution in [3.05, 3.63) is 70.5 Å². The molecule has 0 aliphatic carbocycles. The molecule has 1 aromatic heterocycles. The third-order valence-electron chi connectivity index (χ3n) is 3.04. The molecule has 0 aliphatic heterocycles. The molecule has 0 unspecified atom stereocenters. The monoisotopic (exact) mass is 328 g/mol. The molecule has 0 saturated heterocycles. The van der Waals surface area contributed by atoms with Crippen LogP contribution in [0.4, 0.5) is 0 Å². The largest absolute Gasteiger partial charge is 0.421 e. The van der Waals surface area contributed by atoms with E-state index in [1.807, 2.05) is 42.5 Å². The van der Waals surface area contributed by atoms with Crippen molar-refractivity contribution in [1.82, 2.24) is 10.2 Å². The fraction of sp³-hybridized carbons (Fsp3) is 0.125. The highest BCUT2D eigenvalue weighted by Gasteiger charge is 2.10. The molecule has 0 spiro atoms. The highest BCUT2D eigenvalue weighted by Crippen LogP contribution is 2.26. The van der Waals surface area contributed by atoms with Gasteiger partial charge >= 0.3 is 0 Å². The van der Waals surface area contributed by atoms with Gasteiger partial charge in [0.25, 0.3) is 0 Å². The fourth-order valence-corrected chi connectivity index (χ4v) is 2.45. The molecule has 3 rings (SSSR count). The van der Waals surface area contributed by atoms with E-state index in [1.54, 1.807) is 0 Å². The number of nitrogens with zero attached hydrogens (tertiary/aromatic N) is 2. The van der Waals surface area contributed by atoms with E-state index in [0.717, 1.165) is 22.9 Å². The first kappa shape index (κ1) is 13.1. The average molecular weight is 329 g/mol. The van der Waals surface area contributed by atoms with Gasteiger partial charge in [-0.2, -0.15) is 0 Å². The average Bonchev–Trinajstić information content (AvgIpc) is 2.95. The van der Waals surface area contributed by atoms with Gasteiger partial charge in [-0.1, -0.05) is 42.5 Å². The molecule has 0 saturated carbocycles.